The molecule has 0 heterocycles. The van der Waals surface area contributed by atoms with Gasteiger partial charge in [0.25, 0.3) is 0 Å². The Morgan fingerprint density at radius 3 is 2.33 bits per heavy atom. The highest BCUT2D eigenvalue weighted by molar-refractivity contribution is 7.57. The maximum atomic E-state index is 12.1. The molecule has 1 aromatic carbocycles. The lowest BCUT2D eigenvalue weighted by molar-refractivity contribution is -0.142. The SMILES string of the molecule is O=C(O)CCC(CP(=O)(O)Cc1ccccc1O)C(=O)O. The third kappa shape index (κ3) is 5.97. The summed E-state index contributed by atoms with van der Waals surface area (Å²) in [6.45, 7) is 0. The molecule has 8 heteroatoms. The minimum Gasteiger partial charge on any atom is -0.508 e. The van der Waals surface area contributed by atoms with Gasteiger partial charge in [-0.05, 0) is 12.5 Å². The summed E-state index contributed by atoms with van der Waals surface area (Å²) in [7, 11) is -3.85. The van der Waals surface area contributed by atoms with Gasteiger partial charge in [-0.15, -0.1) is 0 Å². The number of phenolic OH excluding ortho intramolecular Hbond substituents is 1. The molecule has 2 atom stereocenters. The summed E-state index contributed by atoms with van der Waals surface area (Å²) in [4.78, 5) is 31.4. The Bertz CT molecular complexity index is 569. The molecule has 7 nitrogen and oxygen atoms in total. The van der Waals surface area contributed by atoms with Crippen molar-refractivity contribution in [3.63, 3.8) is 0 Å². The average Bonchev–Trinajstić information content (AvgIpc) is 2.36. The van der Waals surface area contributed by atoms with Crippen molar-refractivity contribution in [3.05, 3.63) is 29.8 Å². The van der Waals surface area contributed by atoms with Gasteiger partial charge in [0.1, 0.15) is 5.75 Å². The van der Waals surface area contributed by atoms with E-state index in [0.29, 0.717) is 0 Å². The predicted octanol–water partition coefficient (Wildman–Crippen LogP) is 1.73. The summed E-state index contributed by atoms with van der Waals surface area (Å²) in [6.07, 6.45) is -1.47. The van der Waals surface area contributed by atoms with Crippen LogP contribution >= 0.6 is 7.37 Å². The second kappa shape index (κ2) is 7.24. The Balaban J connectivity index is 2.76. The number of hydrogen-bond acceptors (Lipinski definition) is 4. The number of carbonyl (C=O) groups is 2. The molecular weight excluding hydrogens is 299 g/mol. The first-order chi connectivity index (χ1) is 9.71. The molecular formula is C13H17O7P. The number of benzene rings is 1. The molecule has 1 aromatic rings. The van der Waals surface area contributed by atoms with E-state index in [0.717, 1.165) is 0 Å². The highest BCUT2D eigenvalue weighted by atomic mass is 31.2. The van der Waals surface area contributed by atoms with Crippen LogP contribution in [0.3, 0.4) is 0 Å². The van der Waals surface area contributed by atoms with Gasteiger partial charge >= 0.3 is 11.9 Å². The standard InChI is InChI=1S/C13H17O7P/c14-11-4-2-1-3-9(11)7-21(19,20)8-10(13(17)18)5-6-12(15)16/h1-4,10,14H,5-8H2,(H,15,16)(H,17,18)(H,19,20). The van der Waals surface area contributed by atoms with Crippen LogP contribution in [0.1, 0.15) is 18.4 Å². The van der Waals surface area contributed by atoms with E-state index in [1.807, 2.05) is 0 Å². The van der Waals surface area contributed by atoms with Gasteiger partial charge in [0.2, 0.25) is 7.37 Å². The summed E-state index contributed by atoms with van der Waals surface area (Å²) >= 11 is 0. The van der Waals surface area contributed by atoms with Crippen LogP contribution in [0.5, 0.6) is 5.75 Å². The molecule has 0 amide bonds. The van der Waals surface area contributed by atoms with E-state index in [-0.39, 0.29) is 30.3 Å². The zero-order valence-corrected chi connectivity index (χ0v) is 12.1. The van der Waals surface area contributed by atoms with Gasteiger partial charge in [-0.1, -0.05) is 18.2 Å². The summed E-state index contributed by atoms with van der Waals surface area (Å²) in [6, 6.07) is 6.00. The van der Waals surface area contributed by atoms with Crippen LogP contribution in [0, 0.1) is 5.92 Å². The van der Waals surface area contributed by atoms with Crippen molar-refractivity contribution in [2.75, 3.05) is 6.16 Å². The number of carboxylic acid groups (broad SMARTS) is 2. The van der Waals surface area contributed by atoms with Crippen molar-refractivity contribution in [1.29, 1.82) is 0 Å². The fourth-order valence-corrected chi connectivity index (χ4v) is 3.87. The number of rotatable bonds is 8. The van der Waals surface area contributed by atoms with E-state index < -0.39 is 31.4 Å². The van der Waals surface area contributed by atoms with E-state index in [1.54, 1.807) is 12.1 Å². The molecule has 1 rings (SSSR count). The molecule has 0 aromatic heterocycles. The molecule has 2 unspecified atom stereocenters. The van der Waals surface area contributed by atoms with Crippen molar-refractivity contribution in [2.45, 2.75) is 19.0 Å². The molecule has 0 aliphatic heterocycles. The number of hydrogen-bond donors (Lipinski definition) is 4. The minimum absolute atomic E-state index is 0.135. The summed E-state index contributed by atoms with van der Waals surface area (Å²) in [5.41, 5.74) is 0.255. The van der Waals surface area contributed by atoms with Crippen LogP contribution in [0.25, 0.3) is 0 Å². The molecule has 0 aliphatic rings. The van der Waals surface area contributed by atoms with Gasteiger partial charge < -0.3 is 20.2 Å². The highest BCUT2D eigenvalue weighted by Gasteiger charge is 2.30. The smallest absolute Gasteiger partial charge is 0.307 e. The predicted molar refractivity (Wildman–Crippen MR) is 74.5 cm³/mol. The molecule has 0 fully saturated rings. The zero-order valence-electron chi connectivity index (χ0n) is 11.2. The first kappa shape index (κ1) is 17.2. The summed E-state index contributed by atoms with van der Waals surface area (Å²) in [5.74, 6) is -3.80. The lowest BCUT2D eigenvalue weighted by Crippen LogP contribution is -2.19. The molecule has 0 aliphatic carbocycles. The Hall–Kier alpha value is -1.85. The third-order valence-electron chi connectivity index (χ3n) is 2.97. The molecule has 0 saturated carbocycles. The van der Waals surface area contributed by atoms with Crippen molar-refractivity contribution in [2.24, 2.45) is 5.92 Å². The topological polar surface area (TPSA) is 132 Å². The third-order valence-corrected chi connectivity index (χ3v) is 4.82. The molecule has 0 bridgehead atoms. The van der Waals surface area contributed by atoms with Gasteiger partial charge in [-0.3, -0.25) is 14.2 Å². The number of para-hydroxylation sites is 1. The van der Waals surface area contributed by atoms with Crippen LogP contribution in [0.4, 0.5) is 0 Å². The molecule has 0 radical (unpaired) electrons. The van der Waals surface area contributed by atoms with E-state index >= 15 is 0 Å². The molecule has 0 saturated heterocycles. The van der Waals surface area contributed by atoms with Crippen molar-refractivity contribution < 1.29 is 34.4 Å². The maximum Gasteiger partial charge on any atom is 0.307 e. The van der Waals surface area contributed by atoms with Gasteiger partial charge in [0, 0.05) is 18.1 Å². The first-order valence-electron chi connectivity index (χ1n) is 6.23. The van der Waals surface area contributed by atoms with E-state index in [2.05, 4.69) is 0 Å². The second-order valence-electron chi connectivity index (χ2n) is 4.78. The Morgan fingerprint density at radius 2 is 1.81 bits per heavy atom. The Morgan fingerprint density at radius 1 is 1.19 bits per heavy atom. The monoisotopic (exact) mass is 316 g/mol. The summed E-state index contributed by atoms with van der Waals surface area (Å²) in [5, 5.41) is 27.1. The number of carboxylic acids is 2. The Labute approximate surface area is 121 Å². The highest BCUT2D eigenvalue weighted by Crippen LogP contribution is 2.48. The van der Waals surface area contributed by atoms with Crippen LogP contribution in [-0.4, -0.2) is 38.3 Å². The van der Waals surface area contributed by atoms with Gasteiger partial charge in [-0.2, -0.15) is 0 Å². The summed E-state index contributed by atoms with van der Waals surface area (Å²) < 4.78 is 12.1. The van der Waals surface area contributed by atoms with Crippen LogP contribution in [0.15, 0.2) is 24.3 Å². The fourth-order valence-electron chi connectivity index (χ4n) is 1.91. The zero-order chi connectivity index (χ0) is 16.0. The number of aliphatic carboxylic acids is 2. The van der Waals surface area contributed by atoms with E-state index in [1.165, 1.54) is 12.1 Å². The normalized spacial score (nSPS) is 15.1. The maximum absolute atomic E-state index is 12.1. The quantitative estimate of drug-likeness (QED) is 0.537. The lowest BCUT2D eigenvalue weighted by atomic mass is 10.1. The van der Waals surface area contributed by atoms with Gasteiger partial charge in [-0.25, -0.2) is 0 Å². The molecule has 4 N–H and O–H groups in total. The average molecular weight is 316 g/mol. The van der Waals surface area contributed by atoms with Crippen LogP contribution < -0.4 is 0 Å². The van der Waals surface area contributed by atoms with Crippen molar-refractivity contribution in [1.82, 2.24) is 0 Å². The molecule has 116 valence electrons. The number of phenols is 1. The van der Waals surface area contributed by atoms with Crippen molar-refractivity contribution in [3.8, 4) is 5.75 Å². The first-order valence-corrected chi connectivity index (χ1v) is 8.26. The lowest BCUT2D eigenvalue weighted by Gasteiger charge is -2.17. The molecule has 0 spiro atoms. The van der Waals surface area contributed by atoms with Gasteiger partial charge in [0.15, 0.2) is 0 Å². The van der Waals surface area contributed by atoms with E-state index in [4.69, 9.17) is 10.2 Å². The fraction of sp³-hybridized carbons (Fsp3) is 0.385. The van der Waals surface area contributed by atoms with Gasteiger partial charge in [0.05, 0.1) is 12.1 Å². The van der Waals surface area contributed by atoms with Crippen molar-refractivity contribution >= 4 is 19.3 Å². The van der Waals surface area contributed by atoms with Crippen LogP contribution in [-0.2, 0) is 20.3 Å². The van der Waals surface area contributed by atoms with Crippen LogP contribution in [0.2, 0.25) is 0 Å². The van der Waals surface area contributed by atoms with E-state index in [9.17, 15) is 24.2 Å². The largest absolute Gasteiger partial charge is 0.508 e. The minimum atomic E-state index is -3.85. The number of aromatic hydroxyl groups is 1. The Kier molecular flexibility index (Phi) is 5.93. The molecule has 21 heavy (non-hydrogen) atoms. The second-order valence-corrected chi connectivity index (χ2v) is 7.16.